The van der Waals surface area contributed by atoms with E-state index in [9.17, 15) is 9.00 Å². The number of hydrogen-bond acceptors (Lipinski definition) is 8. The molecule has 0 radical (unpaired) electrons. The smallest absolute Gasteiger partial charge is 0.278 e. The highest BCUT2D eigenvalue weighted by Gasteiger charge is 2.18. The number of allylic oxidation sites excluding steroid dienone is 1. The summed E-state index contributed by atoms with van der Waals surface area (Å²) in [5.41, 5.74) is 0.701. The van der Waals surface area contributed by atoms with Crippen molar-refractivity contribution < 1.29 is 4.21 Å². The van der Waals surface area contributed by atoms with Crippen LogP contribution < -0.4 is 16.0 Å². The molecule has 5 aromatic rings. The first-order valence-electron chi connectivity index (χ1n) is 10.8. The van der Waals surface area contributed by atoms with Crippen molar-refractivity contribution in [3.05, 3.63) is 90.1 Å². The topological polar surface area (TPSA) is 151 Å². The van der Waals surface area contributed by atoms with Crippen molar-refractivity contribution in [2.45, 2.75) is 11.4 Å². The van der Waals surface area contributed by atoms with Gasteiger partial charge in [-0.15, -0.1) is 6.58 Å². The molecule has 4 heterocycles. The van der Waals surface area contributed by atoms with E-state index in [0.29, 0.717) is 27.4 Å². The largest absolute Gasteiger partial charge is 0.321 e. The molecule has 1 atom stereocenters. The maximum absolute atomic E-state index is 13.1. The van der Waals surface area contributed by atoms with Crippen LogP contribution in [0.4, 0.5) is 17.5 Å². The van der Waals surface area contributed by atoms with Crippen molar-refractivity contribution in [2.24, 2.45) is 16.5 Å². The number of fused-ring (bicyclic) bond motifs is 1. The lowest BCUT2D eigenvalue weighted by Crippen LogP contribution is -2.22. The second-order valence-corrected chi connectivity index (χ2v) is 9.56. The fourth-order valence-electron chi connectivity index (χ4n) is 3.61. The lowest BCUT2D eigenvalue weighted by Gasteiger charge is -2.11. The van der Waals surface area contributed by atoms with Gasteiger partial charge in [-0.2, -0.15) is 14.4 Å². The van der Waals surface area contributed by atoms with Crippen molar-refractivity contribution in [1.82, 2.24) is 34.1 Å². The summed E-state index contributed by atoms with van der Waals surface area (Å²) in [5, 5.41) is 13.5. The highest BCUT2D eigenvalue weighted by Crippen LogP contribution is 2.21. The van der Waals surface area contributed by atoms with Crippen molar-refractivity contribution in [1.29, 1.82) is 0 Å². The molecule has 182 valence electrons. The maximum Gasteiger partial charge on any atom is 0.278 e. The van der Waals surface area contributed by atoms with Gasteiger partial charge in [0, 0.05) is 19.4 Å². The highest BCUT2D eigenvalue weighted by molar-refractivity contribution is 7.91. The van der Waals surface area contributed by atoms with E-state index in [2.05, 4.69) is 36.3 Å². The molecule has 0 fully saturated rings. The van der Waals surface area contributed by atoms with Crippen LogP contribution in [0.1, 0.15) is 0 Å². The average Bonchev–Trinajstić information content (AvgIpc) is 3.39. The van der Waals surface area contributed by atoms with E-state index < -0.39 is 9.92 Å². The molecular formula is C23H22N10O2S. The van der Waals surface area contributed by atoms with Crippen LogP contribution in [-0.4, -0.2) is 38.3 Å². The Morgan fingerprint density at radius 1 is 1.14 bits per heavy atom. The Kier molecular flexibility index (Phi) is 5.91. The molecule has 0 aliphatic rings. The summed E-state index contributed by atoms with van der Waals surface area (Å²) in [4.78, 5) is 26.9. The van der Waals surface area contributed by atoms with E-state index in [1.807, 2.05) is 0 Å². The molecule has 0 amide bonds. The van der Waals surface area contributed by atoms with Crippen LogP contribution in [-0.2, 0) is 23.5 Å². The molecule has 1 unspecified atom stereocenters. The molecule has 1 aromatic carbocycles. The van der Waals surface area contributed by atoms with Gasteiger partial charge in [-0.05, 0) is 24.3 Å². The number of pyridine rings is 1. The average molecular weight is 503 g/mol. The van der Waals surface area contributed by atoms with Gasteiger partial charge in [0.15, 0.2) is 17.3 Å². The number of hydrogen-bond donors (Lipinski definition) is 2. The van der Waals surface area contributed by atoms with E-state index in [-0.39, 0.29) is 23.9 Å². The van der Waals surface area contributed by atoms with Crippen molar-refractivity contribution in [3.63, 3.8) is 0 Å². The monoisotopic (exact) mass is 502 g/mol. The Morgan fingerprint density at radius 3 is 2.67 bits per heavy atom. The van der Waals surface area contributed by atoms with Crippen LogP contribution in [0.25, 0.3) is 16.9 Å². The quantitative estimate of drug-likeness (QED) is 0.325. The molecule has 0 aliphatic heterocycles. The SMILES string of the molecule is C=CCn1c(=O)c2cnc(Nc3cnn(C)c3)nc2n1-c1cccc(N=S(N)(=O)c2ccccc2)n1. The normalized spacial score (nSPS) is 12.8. The maximum atomic E-state index is 13.1. The van der Waals surface area contributed by atoms with Crippen LogP contribution >= 0.6 is 0 Å². The summed E-state index contributed by atoms with van der Waals surface area (Å²) in [5.74, 6) is 0.750. The van der Waals surface area contributed by atoms with Gasteiger partial charge in [0.25, 0.3) is 5.56 Å². The molecule has 0 saturated carbocycles. The van der Waals surface area contributed by atoms with Crippen LogP contribution in [0.2, 0.25) is 0 Å². The molecule has 0 aliphatic carbocycles. The molecule has 0 saturated heterocycles. The fraction of sp³-hybridized carbons (Fsp3) is 0.0870. The zero-order valence-corrected chi connectivity index (χ0v) is 20.0. The predicted molar refractivity (Wildman–Crippen MR) is 137 cm³/mol. The van der Waals surface area contributed by atoms with Gasteiger partial charge >= 0.3 is 0 Å². The fourth-order valence-corrected chi connectivity index (χ4v) is 4.64. The number of nitrogens with one attached hydrogen (secondary N) is 1. The number of nitrogens with two attached hydrogens (primary N) is 1. The first-order chi connectivity index (χ1) is 17.4. The van der Waals surface area contributed by atoms with Crippen molar-refractivity contribution in [3.8, 4) is 5.82 Å². The van der Waals surface area contributed by atoms with Crippen molar-refractivity contribution >= 4 is 38.4 Å². The third kappa shape index (κ3) is 4.39. The summed E-state index contributed by atoms with van der Waals surface area (Å²) in [6, 6.07) is 13.5. The van der Waals surface area contributed by atoms with Crippen LogP contribution in [0, 0.1) is 0 Å². The summed E-state index contributed by atoms with van der Waals surface area (Å²) in [6.45, 7) is 3.95. The first kappa shape index (κ1) is 23.1. The van der Waals surface area contributed by atoms with Gasteiger partial charge in [0.05, 0.1) is 23.3 Å². The number of nitrogens with zero attached hydrogens (tertiary/aromatic N) is 8. The molecule has 0 bridgehead atoms. The Bertz CT molecular complexity index is 1760. The van der Waals surface area contributed by atoms with Gasteiger partial charge in [0.1, 0.15) is 15.3 Å². The van der Waals surface area contributed by atoms with Crippen LogP contribution in [0.3, 0.4) is 0 Å². The van der Waals surface area contributed by atoms with Gasteiger partial charge in [-0.1, -0.05) is 30.3 Å². The molecule has 12 nitrogen and oxygen atoms in total. The summed E-state index contributed by atoms with van der Waals surface area (Å²) < 4.78 is 21.9. The highest BCUT2D eigenvalue weighted by atomic mass is 32.2. The molecule has 13 heteroatoms. The number of benzene rings is 1. The van der Waals surface area contributed by atoms with Crippen molar-refractivity contribution in [2.75, 3.05) is 5.32 Å². The van der Waals surface area contributed by atoms with Crippen LogP contribution in [0.15, 0.2) is 93.8 Å². The lowest BCUT2D eigenvalue weighted by molar-refractivity contribution is 0.597. The zero-order chi connectivity index (χ0) is 25.3. The summed E-state index contributed by atoms with van der Waals surface area (Å²) >= 11 is 0. The molecule has 36 heavy (non-hydrogen) atoms. The van der Waals surface area contributed by atoms with E-state index in [4.69, 9.17) is 5.14 Å². The molecule has 4 aromatic heterocycles. The minimum atomic E-state index is -3.23. The molecule has 5 rings (SSSR count). The standard InChI is InChI=1S/C23H22N10O2S/c1-3-12-32-22(34)18-14-25-23(27-16-13-26-31(2)15-16)29-21(18)33(32)20-11-7-10-19(28-20)30-36(24,35)17-8-5-4-6-9-17/h3-11,13-15H,1,12H2,2H3,(H,25,27,29)(H2,24,28,30,35). The van der Waals surface area contributed by atoms with Gasteiger partial charge in [-0.25, -0.2) is 28.7 Å². The summed E-state index contributed by atoms with van der Waals surface area (Å²) in [7, 11) is -1.44. The van der Waals surface area contributed by atoms with Crippen LogP contribution in [0.5, 0.6) is 0 Å². The van der Waals surface area contributed by atoms with E-state index in [0.717, 1.165) is 0 Å². The number of aromatic nitrogens is 7. The van der Waals surface area contributed by atoms with E-state index in [1.165, 1.54) is 10.9 Å². The number of anilines is 2. The van der Waals surface area contributed by atoms with Gasteiger partial charge in [-0.3, -0.25) is 9.48 Å². The van der Waals surface area contributed by atoms with E-state index in [1.54, 1.807) is 83.4 Å². The number of aryl methyl sites for hydroxylation is 1. The Morgan fingerprint density at radius 2 is 1.94 bits per heavy atom. The first-order valence-corrected chi connectivity index (χ1v) is 12.4. The third-order valence-electron chi connectivity index (χ3n) is 5.19. The Balaban J connectivity index is 1.65. The van der Waals surface area contributed by atoms with Gasteiger partial charge in [0.2, 0.25) is 5.95 Å². The summed E-state index contributed by atoms with van der Waals surface area (Å²) in [6.07, 6.45) is 6.45. The zero-order valence-electron chi connectivity index (χ0n) is 19.2. The molecular weight excluding hydrogens is 480 g/mol. The molecule has 3 N–H and O–H groups in total. The Hall–Kier alpha value is -4.62. The van der Waals surface area contributed by atoms with E-state index >= 15 is 0 Å². The second kappa shape index (κ2) is 9.20. The Labute approximate surface area is 206 Å². The predicted octanol–water partition coefficient (Wildman–Crippen LogP) is 2.67. The lowest BCUT2D eigenvalue weighted by atomic mass is 10.4. The minimum absolute atomic E-state index is 0.145. The number of rotatable bonds is 7. The third-order valence-corrected chi connectivity index (χ3v) is 6.59. The second-order valence-electron chi connectivity index (χ2n) is 7.77. The molecule has 0 spiro atoms. The van der Waals surface area contributed by atoms with Gasteiger partial charge < -0.3 is 5.32 Å². The minimum Gasteiger partial charge on any atom is -0.321 e.